The first-order chi connectivity index (χ1) is 8.52. The Kier molecular flexibility index (Phi) is 3.49. The molecule has 3 nitrogen and oxygen atoms in total. The molecule has 0 radical (unpaired) electrons. The number of carbonyl (C=O) groups excluding carboxylic acids is 1. The SMILES string of the molecule is CC(C)(C)CC(=O)O[C@@H]1C[C@@H]2CC[C@@]1(C)OC2(C)C. The van der Waals surface area contributed by atoms with E-state index in [0.29, 0.717) is 12.3 Å². The molecule has 0 spiro atoms. The second-order valence-corrected chi connectivity index (χ2v) is 8.21. The molecule has 110 valence electrons. The summed E-state index contributed by atoms with van der Waals surface area (Å²) in [5, 5.41) is 0. The summed E-state index contributed by atoms with van der Waals surface area (Å²) in [6, 6.07) is 0. The van der Waals surface area contributed by atoms with E-state index >= 15 is 0 Å². The Bertz CT molecular complexity index is 367. The lowest BCUT2D eigenvalue weighted by molar-refractivity contribution is -0.278. The van der Waals surface area contributed by atoms with Crippen LogP contribution in [0.25, 0.3) is 0 Å². The van der Waals surface area contributed by atoms with Crippen LogP contribution in [-0.4, -0.2) is 23.3 Å². The van der Waals surface area contributed by atoms with Crippen LogP contribution in [-0.2, 0) is 14.3 Å². The Morgan fingerprint density at radius 3 is 2.42 bits per heavy atom. The third-order valence-electron chi connectivity index (χ3n) is 4.60. The molecule has 0 amide bonds. The molecular weight excluding hydrogens is 240 g/mol. The van der Waals surface area contributed by atoms with Gasteiger partial charge in [0.15, 0.2) is 0 Å². The Labute approximate surface area is 117 Å². The average Bonchev–Trinajstić information content (AvgIpc) is 2.15. The Hall–Kier alpha value is -0.570. The fourth-order valence-electron chi connectivity index (χ4n) is 3.49. The second-order valence-electron chi connectivity index (χ2n) is 8.21. The third kappa shape index (κ3) is 3.13. The highest BCUT2D eigenvalue weighted by atomic mass is 16.6. The van der Waals surface area contributed by atoms with Crippen LogP contribution < -0.4 is 0 Å². The van der Waals surface area contributed by atoms with E-state index in [0.717, 1.165) is 12.8 Å². The molecule has 3 atom stereocenters. The van der Waals surface area contributed by atoms with Crippen LogP contribution in [0.1, 0.15) is 67.2 Å². The van der Waals surface area contributed by atoms with Gasteiger partial charge in [-0.2, -0.15) is 0 Å². The number of fused-ring (bicyclic) bond motifs is 3. The molecule has 3 fully saturated rings. The van der Waals surface area contributed by atoms with Crippen molar-refractivity contribution in [3.8, 4) is 0 Å². The molecule has 19 heavy (non-hydrogen) atoms. The number of hydrogen-bond donors (Lipinski definition) is 0. The average molecular weight is 268 g/mol. The monoisotopic (exact) mass is 268 g/mol. The van der Waals surface area contributed by atoms with Gasteiger partial charge in [-0.1, -0.05) is 20.8 Å². The molecule has 3 aliphatic rings. The van der Waals surface area contributed by atoms with Crippen molar-refractivity contribution in [2.24, 2.45) is 11.3 Å². The summed E-state index contributed by atoms with van der Waals surface area (Å²) in [6.07, 6.45) is 3.51. The van der Waals surface area contributed by atoms with Crippen molar-refractivity contribution in [2.75, 3.05) is 0 Å². The largest absolute Gasteiger partial charge is 0.459 e. The van der Waals surface area contributed by atoms with E-state index in [1.54, 1.807) is 0 Å². The maximum Gasteiger partial charge on any atom is 0.306 e. The van der Waals surface area contributed by atoms with Crippen LogP contribution in [0.5, 0.6) is 0 Å². The number of carbonyl (C=O) groups is 1. The summed E-state index contributed by atoms with van der Waals surface area (Å²) in [5.41, 5.74) is -0.405. The number of esters is 1. The van der Waals surface area contributed by atoms with Gasteiger partial charge in [0.1, 0.15) is 11.7 Å². The molecule has 0 N–H and O–H groups in total. The molecule has 0 unspecified atom stereocenters. The lowest BCUT2D eigenvalue weighted by Gasteiger charge is -2.57. The molecule has 2 saturated heterocycles. The van der Waals surface area contributed by atoms with Crippen LogP contribution in [0.3, 0.4) is 0 Å². The quantitative estimate of drug-likeness (QED) is 0.716. The van der Waals surface area contributed by atoms with Gasteiger partial charge < -0.3 is 9.47 Å². The number of hydrogen-bond acceptors (Lipinski definition) is 3. The molecule has 3 rings (SSSR count). The van der Waals surface area contributed by atoms with E-state index in [2.05, 4.69) is 41.5 Å². The van der Waals surface area contributed by atoms with Gasteiger partial charge in [-0.05, 0) is 51.4 Å². The van der Waals surface area contributed by atoms with Crippen LogP contribution in [0.15, 0.2) is 0 Å². The second kappa shape index (κ2) is 4.47. The molecule has 0 aromatic heterocycles. The van der Waals surface area contributed by atoms with Gasteiger partial charge in [-0.15, -0.1) is 0 Å². The zero-order valence-corrected chi connectivity index (χ0v) is 13.2. The lowest BCUT2D eigenvalue weighted by Crippen LogP contribution is -2.62. The van der Waals surface area contributed by atoms with E-state index < -0.39 is 0 Å². The van der Waals surface area contributed by atoms with Gasteiger partial charge in [-0.3, -0.25) is 4.79 Å². The molecule has 1 aliphatic carbocycles. The van der Waals surface area contributed by atoms with Crippen LogP contribution in [0.4, 0.5) is 0 Å². The first-order valence-electron chi connectivity index (χ1n) is 7.41. The van der Waals surface area contributed by atoms with E-state index in [1.165, 1.54) is 6.42 Å². The normalized spacial score (nSPS) is 37.2. The first-order valence-corrected chi connectivity index (χ1v) is 7.41. The molecular formula is C16H28O3. The summed E-state index contributed by atoms with van der Waals surface area (Å²) in [4.78, 5) is 12.0. The maximum absolute atomic E-state index is 12.0. The fourth-order valence-corrected chi connectivity index (χ4v) is 3.49. The molecule has 0 aromatic carbocycles. The maximum atomic E-state index is 12.0. The van der Waals surface area contributed by atoms with Crippen molar-refractivity contribution in [2.45, 2.75) is 84.5 Å². The van der Waals surface area contributed by atoms with Gasteiger partial charge >= 0.3 is 5.97 Å². The minimum Gasteiger partial charge on any atom is -0.459 e. The number of rotatable bonds is 2. The molecule has 0 aromatic rings. The molecule has 1 saturated carbocycles. The standard InChI is InChI=1S/C16H28O3/c1-14(2,3)10-13(17)18-12-9-11-7-8-16(12,6)19-15(11,4)5/h11-12H,7-10H2,1-6H3/t11-,12+,16+/m0/s1. The molecule has 2 bridgehead atoms. The molecule has 3 heteroatoms. The predicted molar refractivity (Wildman–Crippen MR) is 74.9 cm³/mol. The third-order valence-corrected chi connectivity index (χ3v) is 4.60. The Morgan fingerprint density at radius 1 is 1.32 bits per heavy atom. The smallest absolute Gasteiger partial charge is 0.306 e. The van der Waals surface area contributed by atoms with Crippen molar-refractivity contribution >= 4 is 5.97 Å². The van der Waals surface area contributed by atoms with E-state index in [1.807, 2.05) is 0 Å². The molecule has 2 heterocycles. The van der Waals surface area contributed by atoms with Gasteiger partial charge in [0.25, 0.3) is 0 Å². The van der Waals surface area contributed by atoms with Gasteiger partial charge in [0.2, 0.25) is 0 Å². The van der Waals surface area contributed by atoms with Crippen LogP contribution in [0, 0.1) is 11.3 Å². The van der Waals surface area contributed by atoms with Crippen LogP contribution in [0.2, 0.25) is 0 Å². The van der Waals surface area contributed by atoms with Crippen molar-refractivity contribution < 1.29 is 14.3 Å². The summed E-state index contributed by atoms with van der Waals surface area (Å²) in [5.74, 6) is 0.412. The summed E-state index contributed by atoms with van der Waals surface area (Å²) >= 11 is 0. The Balaban J connectivity index is 2.02. The van der Waals surface area contributed by atoms with Crippen molar-refractivity contribution in [3.63, 3.8) is 0 Å². The minimum atomic E-state index is -0.300. The highest BCUT2D eigenvalue weighted by Crippen LogP contribution is 2.50. The topological polar surface area (TPSA) is 35.5 Å². The summed E-state index contributed by atoms with van der Waals surface area (Å²) < 4.78 is 12.0. The zero-order valence-electron chi connectivity index (χ0n) is 13.2. The highest BCUT2D eigenvalue weighted by molar-refractivity contribution is 5.70. The summed E-state index contributed by atoms with van der Waals surface area (Å²) in [7, 11) is 0. The summed E-state index contributed by atoms with van der Waals surface area (Å²) in [6.45, 7) is 12.6. The first kappa shape index (κ1) is 14.8. The van der Waals surface area contributed by atoms with Crippen molar-refractivity contribution in [3.05, 3.63) is 0 Å². The minimum absolute atomic E-state index is 0.0220. The van der Waals surface area contributed by atoms with E-state index in [-0.39, 0.29) is 28.7 Å². The molecule has 2 aliphatic heterocycles. The highest BCUT2D eigenvalue weighted by Gasteiger charge is 2.55. The predicted octanol–water partition coefficient (Wildman–Crippen LogP) is 3.70. The fraction of sp³-hybridized carbons (Fsp3) is 0.938. The van der Waals surface area contributed by atoms with E-state index in [9.17, 15) is 4.79 Å². The van der Waals surface area contributed by atoms with Gasteiger partial charge in [-0.25, -0.2) is 0 Å². The number of ether oxygens (including phenoxy) is 2. The van der Waals surface area contributed by atoms with Gasteiger partial charge in [0, 0.05) is 0 Å². The van der Waals surface area contributed by atoms with Crippen molar-refractivity contribution in [1.29, 1.82) is 0 Å². The Morgan fingerprint density at radius 2 is 1.95 bits per heavy atom. The van der Waals surface area contributed by atoms with E-state index in [4.69, 9.17) is 9.47 Å². The lowest BCUT2D eigenvalue weighted by atomic mass is 9.67. The van der Waals surface area contributed by atoms with Crippen molar-refractivity contribution in [1.82, 2.24) is 0 Å². The van der Waals surface area contributed by atoms with Gasteiger partial charge in [0.05, 0.1) is 12.0 Å². The van der Waals surface area contributed by atoms with Crippen LogP contribution >= 0.6 is 0 Å². The zero-order chi connectivity index (χ0) is 14.5.